The average molecular weight is 551 g/mol. The van der Waals surface area contributed by atoms with E-state index in [1.54, 1.807) is 0 Å². The van der Waals surface area contributed by atoms with Gasteiger partial charge in [0.15, 0.2) is 5.75 Å². The highest BCUT2D eigenvalue weighted by molar-refractivity contribution is 5.77. The molecule has 0 saturated heterocycles. The Morgan fingerprint density at radius 1 is 0.878 bits per heavy atom. The molecule has 2 unspecified atom stereocenters. The number of carbonyl (C=O) groups is 1. The maximum Gasteiger partial charge on any atom is 0.256 e. The van der Waals surface area contributed by atoms with E-state index in [1.807, 2.05) is 97.9 Å². The number of benzene rings is 4. The summed E-state index contributed by atoms with van der Waals surface area (Å²) in [5.74, 6) is 1.13. The number of ether oxygens (including phenoxy) is 1. The van der Waals surface area contributed by atoms with Crippen LogP contribution < -0.4 is 15.1 Å². The molecule has 0 bridgehead atoms. The van der Waals surface area contributed by atoms with Crippen molar-refractivity contribution in [3.8, 4) is 11.5 Å². The van der Waals surface area contributed by atoms with Crippen LogP contribution in [-0.2, 0) is 30.6 Å². The Labute approximate surface area is 242 Å². The molecule has 6 nitrogen and oxygen atoms in total. The normalized spacial score (nSPS) is 16.2. The van der Waals surface area contributed by atoms with Crippen molar-refractivity contribution in [2.75, 3.05) is 6.61 Å². The molecule has 1 aliphatic carbocycles. The van der Waals surface area contributed by atoms with Crippen molar-refractivity contribution in [1.29, 1.82) is 0 Å². The number of hydrogen-bond donors (Lipinski definition) is 2. The molecule has 0 aliphatic heterocycles. The first-order chi connectivity index (χ1) is 20.0. The molecule has 2 N–H and O–H groups in total. The molecule has 0 aromatic heterocycles. The first-order valence-electron chi connectivity index (χ1n) is 14.3. The van der Waals surface area contributed by atoms with E-state index in [4.69, 9.17) is 9.57 Å². The van der Waals surface area contributed by atoms with Crippen LogP contribution >= 0.6 is 0 Å². The van der Waals surface area contributed by atoms with Gasteiger partial charge in [0.25, 0.3) is 5.91 Å². The highest BCUT2D eigenvalue weighted by Crippen LogP contribution is 2.31. The molecule has 41 heavy (non-hydrogen) atoms. The van der Waals surface area contributed by atoms with Crippen LogP contribution in [0.2, 0.25) is 0 Å². The van der Waals surface area contributed by atoms with Crippen molar-refractivity contribution in [1.82, 2.24) is 10.4 Å². The van der Waals surface area contributed by atoms with Gasteiger partial charge in [0.05, 0.1) is 6.42 Å². The third kappa shape index (κ3) is 7.97. The zero-order valence-electron chi connectivity index (χ0n) is 23.5. The van der Waals surface area contributed by atoms with E-state index in [9.17, 15) is 9.90 Å². The van der Waals surface area contributed by atoms with Gasteiger partial charge in [-0.1, -0.05) is 84.9 Å². The Morgan fingerprint density at radius 3 is 2.24 bits per heavy atom. The average Bonchev–Trinajstić information content (AvgIpc) is 3.21. The largest absolute Gasteiger partial charge is 0.489 e. The lowest BCUT2D eigenvalue weighted by Gasteiger charge is -2.42. The molecule has 4 aromatic carbocycles. The second-order valence-corrected chi connectivity index (χ2v) is 10.9. The first-order valence-corrected chi connectivity index (χ1v) is 14.3. The standard InChI is InChI=1S/C35H38N2O4/c1-35(39,26-40-32-18-9-4-10-19-32)37(25-28-14-7-3-8-15-28)31-17-11-16-29-20-21-33(24-30(29)23-31)41-36-34(38)22-27-12-5-2-6-13-27/h2-10,12-15,18-21,24,31,39H,11,16-17,22-23,25-26H2,1H3,(H,36,38). The van der Waals surface area contributed by atoms with Crippen LogP contribution in [0.15, 0.2) is 109 Å². The Morgan fingerprint density at radius 2 is 1.54 bits per heavy atom. The highest BCUT2D eigenvalue weighted by Gasteiger charge is 2.36. The highest BCUT2D eigenvalue weighted by atomic mass is 16.7. The monoisotopic (exact) mass is 550 g/mol. The van der Waals surface area contributed by atoms with Crippen LogP contribution in [0.1, 0.15) is 42.0 Å². The van der Waals surface area contributed by atoms with Crippen molar-refractivity contribution in [2.24, 2.45) is 0 Å². The number of hydrogen-bond acceptors (Lipinski definition) is 5. The molecule has 0 fully saturated rings. The summed E-state index contributed by atoms with van der Waals surface area (Å²) in [5, 5.41) is 11.8. The minimum Gasteiger partial charge on any atom is -0.489 e. The first kappa shape index (κ1) is 28.4. The van der Waals surface area contributed by atoms with Gasteiger partial charge in [-0.2, -0.15) is 5.48 Å². The van der Waals surface area contributed by atoms with Gasteiger partial charge < -0.3 is 14.7 Å². The number of amides is 1. The van der Waals surface area contributed by atoms with E-state index < -0.39 is 5.72 Å². The molecule has 0 spiro atoms. The van der Waals surface area contributed by atoms with Crippen LogP contribution in [0, 0.1) is 0 Å². The van der Waals surface area contributed by atoms with Crippen LogP contribution in [0.3, 0.4) is 0 Å². The maximum atomic E-state index is 12.4. The molecule has 2 atom stereocenters. The van der Waals surface area contributed by atoms with Crippen molar-refractivity contribution in [2.45, 2.75) is 57.3 Å². The molecule has 0 radical (unpaired) electrons. The van der Waals surface area contributed by atoms with Gasteiger partial charge in [0.1, 0.15) is 18.1 Å². The molecule has 0 heterocycles. The summed E-state index contributed by atoms with van der Waals surface area (Å²) in [6, 6.07) is 35.6. The molecule has 212 valence electrons. The number of rotatable bonds is 11. The molecule has 1 amide bonds. The predicted octanol–water partition coefficient (Wildman–Crippen LogP) is 5.88. The number of aliphatic hydroxyl groups is 1. The van der Waals surface area contributed by atoms with Crippen LogP contribution in [0.25, 0.3) is 0 Å². The van der Waals surface area contributed by atoms with Gasteiger partial charge in [-0.3, -0.25) is 9.69 Å². The Balaban J connectivity index is 1.31. The van der Waals surface area contributed by atoms with Gasteiger partial charge >= 0.3 is 0 Å². The van der Waals surface area contributed by atoms with Crippen LogP contribution in [0.5, 0.6) is 11.5 Å². The third-order valence-corrected chi connectivity index (χ3v) is 7.62. The van der Waals surface area contributed by atoms with E-state index in [-0.39, 0.29) is 25.0 Å². The lowest BCUT2D eigenvalue weighted by molar-refractivity contribution is -0.143. The van der Waals surface area contributed by atoms with E-state index in [2.05, 4.69) is 28.6 Å². The second-order valence-electron chi connectivity index (χ2n) is 10.9. The number of para-hydroxylation sites is 1. The number of carbonyl (C=O) groups excluding carboxylic acids is 1. The lowest BCUT2D eigenvalue weighted by atomic mass is 9.98. The fraction of sp³-hybridized carbons (Fsp3) is 0.286. The minimum atomic E-state index is -1.21. The quantitative estimate of drug-likeness (QED) is 0.139. The predicted molar refractivity (Wildman–Crippen MR) is 160 cm³/mol. The SMILES string of the molecule is CC(O)(COc1ccccc1)N(Cc1ccccc1)C1CCCc2ccc(ONC(=O)Cc3ccccc3)cc2C1. The van der Waals surface area contributed by atoms with Crippen molar-refractivity contribution >= 4 is 5.91 Å². The Bertz CT molecular complexity index is 1390. The number of fused-ring (bicyclic) bond motifs is 1. The summed E-state index contributed by atoms with van der Waals surface area (Å²) in [5.41, 5.74) is 5.88. The zero-order valence-corrected chi connectivity index (χ0v) is 23.5. The van der Waals surface area contributed by atoms with E-state index in [1.165, 1.54) is 11.1 Å². The molecule has 0 saturated carbocycles. The fourth-order valence-corrected chi connectivity index (χ4v) is 5.48. The van der Waals surface area contributed by atoms with Gasteiger partial charge in [0, 0.05) is 12.6 Å². The fourth-order valence-electron chi connectivity index (χ4n) is 5.48. The van der Waals surface area contributed by atoms with E-state index >= 15 is 0 Å². The minimum absolute atomic E-state index is 0.0775. The maximum absolute atomic E-state index is 12.4. The number of aryl methyl sites for hydroxylation is 1. The summed E-state index contributed by atoms with van der Waals surface area (Å²) in [6.45, 7) is 2.58. The van der Waals surface area contributed by atoms with E-state index in [0.29, 0.717) is 12.3 Å². The third-order valence-electron chi connectivity index (χ3n) is 7.62. The summed E-state index contributed by atoms with van der Waals surface area (Å²) < 4.78 is 6.05. The molecule has 5 rings (SSSR count). The number of nitrogens with zero attached hydrogens (tertiary/aromatic N) is 1. The van der Waals surface area contributed by atoms with Crippen molar-refractivity contribution in [3.05, 3.63) is 131 Å². The number of nitrogens with one attached hydrogen (secondary N) is 1. The molecule has 1 aliphatic rings. The smallest absolute Gasteiger partial charge is 0.256 e. The molecular weight excluding hydrogens is 512 g/mol. The summed E-state index contributed by atoms with van der Waals surface area (Å²) in [4.78, 5) is 20.3. The number of hydroxylamine groups is 1. The van der Waals surface area contributed by atoms with Crippen LogP contribution in [0.4, 0.5) is 0 Å². The van der Waals surface area contributed by atoms with Crippen molar-refractivity contribution < 1.29 is 19.5 Å². The second kappa shape index (κ2) is 13.5. The zero-order chi connectivity index (χ0) is 28.5. The van der Waals surface area contributed by atoms with Gasteiger partial charge in [-0.15, -0.1) is 0 Å². The summed E-state index contributed by atoms with van der Waals surface area (Å²) in [7, 11) is 0. The molecule has 6 heteroatoms. The topological polar surface area (TPSA) is 71.0 Å². The van der Waals surface area contributed by atoms with Gasteiger partial charge in [-0.05, 0) is 79.1 Å². The molecular formula is C35H38N2O4. The van der Waals surface area contributed by atoms with Crippen LogP contribution in [-0.4, -0.2) is 34.3 Å². The van der Waals surface area contributed by atoms with E-state index in [0.717, 1.165) is 42.6 Å². The van der Waals surface area contributed by atoms with Gasteiger partial charge in [-0.25, -0.2) is 0 Å². The summed E-state index contributed by atoms with van der Waals surface area (Å²) >= 11 is 0. The van der Waals surface area contributed by atoms with Crippen molar-refractivity contribution in [3.63, 3.8) is 0 Å². The summed E-state index contributed by atoms with van der Waals surface area (Å²) in [6.07, 6.45) is 3.90. The Kier molecular flexibility index (Phi) is 9.34. The lowest BCUT2D eigenvalue weighted by Crippen LogP contribution is -2.55. The van der Waals surface area contributed by atoms with Gasteiger partial charge in [0.2, 0.25) is 0 Å². The molecule has 4 aromatic rings. The Hall–Kier alpha value is -4.13.